The fourth-order valence-corrected chi connectivity index (χ4v) is 3.94. The van der Waals surface area contributed by atoms with Crippen molar-refractivity contribution in [2.24, 2.45) is 0 Å². The number of halogens is 1. The summed E-state index contributed by atoms with van der Waals surface area (Å²) in [7, 11) is 0. The minimum Gasteiger partial charge on any atom is -0.489 e. The highest BCUT2D eigenvalue weighted by Crippen LogP contribution is 2.29. The van der Waals surface area contributed by atoms with Crippen molar-refractivity contribution in [3.05, 3.63) is 28.8 Å². The second kappa shape index (κ2) is 8.93. The van der Waals surface area contributed by atoms with Crippen molar-refractivity contribution in [1.29, 1.82) is 0 Å². The fourth-order valence-electron chi connectivity index (χ4n) is 3.71. The summed E-state index contributed by atoms with van der Waals surface area (Å²) >= 11 is 6.33. The van der Waals surface area contributed by atoms with E-state index in [2.05, 4.69) is 5.32 Å². The number of likely N-dealkylation sites (tertiary alicyclic amines) is 1. The van der Waals surface area contributed by atoms with E-state index in [-0.39, 0.29) is 24.0 Å². The molecule has 0 radical (unpaired) electrons. The summed E-state index contributed by atoms with van der Waals surface area (Å²) in [5.74, 6) is 0.207. The van der Waals surface area contributed by atoms with Gasteiger partial charge in [-0.1, -0.05) is 24.4 Å². The number of carbonyl (C=O) groups excluding carboxylic acids is 2. The fraction of sp³-hybridized carbons (Fsp3) is 0.600. The van der Waals surface area contributed by atoms with Crippen molar-refractivity contribution in [2.75, 3.05) is 13.1 Å². The van der Waals surface area contributed by atoms with E-state index in [1.54, 1.807) is 23.1 Å². The summed E-state index contributed by atoms with van der Waals surface area (Å²) in [6, 6.07) is 5.38. The van der Waals surface area contributed by atoms with Gasteiger partial charge in [-0.3, -0.25) is 9.59 Å². The van der Waals surface area contributed by atoms with Gasteiger partial charge >= 0.3 is 0 Å². The number of hydrogen-bond acceptors (Lipinski definition) is 4. The molecule has 1 saturated heterocycles. The Morgan fingerprint density at radius 1 is 1.22 bits per heavy atom. The van der Waals surface area contributed by atoms with Gasteiger partial charge in [0.1, 0.15) is 18.0 Å². The third-order valence-electron chi connectivity index (χ3n) is 5.29. The number of amides is 2. The van der Waals surface area contributed by atoms with Crippen molar-refractivity contribution < 1.29 is 19.4 Å². The first-order chi connectivity index (χ1) is 12.9. The summed E-state index contributed by atoms with van der Waals surface area (Å²) in [6.45, 7) is 2.58. The van der Waals surface area contributed by atoms with Crippen LogP contribution < -0.4 is 10.1 Å². The van der Waals surface area contributed by atoms with E-state index in [1.807, 2.05) is 0 Å². The molecule has 2 aliphatic rings. The summed E-state index contributed by atoms with van der Waals surface area (Å²) in [5.41, 5.74) is 0.539. The quantitative estimate of drug-likeness (QED) is 0.804. The Hall–Kier alpha value is -1.79. The molecular weight excluding hydrogens is 368 g/mol. The molecule has 148 valence electrons. The lowest BCUT2D eigenvalue weighted by Crippen LogP contribution is -2.45. The molecule has 0 spiro atoms. The van der Waals surface area contributed by atoms with Crippen molar-refractivity contribution in [3.8, 4) is 5.75 Å². The molecule has 2 fully saturated rings. The number of benzene rings is 1. The Morgan fingerprint density at radius 3 is 2.48 bits per heavy atom. The molecule has 3 rings (SSSR count). The lowest BCUT2D eigenvalue weighted by atomic mass is 10.1. The second-order valence-corrected chi connectivity index (χ2v) is 7.83. The first-order valence-electron chi connectivity index (χ1n) is 9.68. The molecule has 0 aromatic heterocycles. The van der Waals surface area contributed by atoms with Gasteiger partial charge in [0.15, 0.2) is 0 Å². The second-order valence-electron chi connectivity index (χ2n) is 7.42. The van der Waals surface area contributed by atoms with Crippen LogP contribution in [0.5, 0.6) is 5.75 Å². The third kappa shape index (κ3) is 5.14. The van der Waals surface area contributed by atoms with Crippen molar-refractivity contribution in [1.82, 2.24) is 10.2 Å². The molecule has 1 saturated carbocycles. The molecule has 1 unspecified atom stereocenters. The number of nitrogens with zero attached hydrogens (tertiary/aromatic N) is 1. The van der Waals surface area contributed by atoms with Crippen LogP contribution in [0.15, 0.2) is 18.2 Å². The van der Waals surface area contributed by atoms with E-state index in [1.165, 1.54) is 19.8 Å². The first kappa shape index (κ1) is 20.0. The smallest absolute Gasteiger partial charge is 0.251 e. The van der Waals surface area contributed by atoms with Gasteiger partial charge < -0.3 is 20.1 Å². The molecule has 2 amide bonds. The minimum absolute atomic E-state index is 0.0429. The number of piperidine rings is 1. The molecule has 6 nitrogen and oxygen atoms in total. The highest BCUT2D eigenvalue weighted by atomic mass is 35.5. The van der Waals surface area contributed by atoms with Crippen LogP contribution in [0.4, 0.5) is 0 Å². The highest BCUT2D eigenvalue weighted by Gasteiger charge is 2.26. The topological polar surface area (TPSA) is 78.9 Å². The predicted octanol–water partition coefficient (Wildman–Crippen LogP) is 2.76. The number of rotatable bonds is 5. The van der Waals surface area contributed by atoms with E-state index in [4.69, 9.17) is 16.3 Å². The number of aliphatic hydroxyl groups is 1. The largest absolute Gasteiger partial charge is 0.489 e. The summed E-state index contributed by atoms with van der Waals surface area (Å²) in [5, 5.41) is 12.9. The van der Waals surface area contributed by atoms with Gasteiger partial charge in [-0.15, -0.1) is 0 Å². The molecule has 1 atom stereocenters. The van der Waals surface area contributed by atoms with E-state index in [0.717, 1.165) is 12.8 Å². The van der Waals surface area contributed by atoms with Crippen molar-refractivity contribution >= 4 is 23.4 Å². The van der Waals surface area contributed by atoms with Gasteiger partial charge in [-0.05, 0) is 38.0 Å². The van der Waals surface area contributed by atoms with Crippen LogP contribution in [0.1, 0.15) is 55.8 Å². The Bertz CT molecular complexity index is 681. The Kier molecular flexibility index (Phi) is 6.60. The van der Waals surface area contributed by atoms with Gasteiger partial charge in [0.2, 0.25) is 0 Å². The molecule has 2 N–H and O–H groups in total. The molecule has 1 heterocycles. The predicted molar refractivity (Wildman–Crippen MR) is 103 cm³/mol. The van der Waals surface area contributed by atoms with Crippen LogP contribution in [0.25, 0.3) is 0 Å². The van der Waals surface area contributed by atoms with Crippen LogP contribution in [0.2, 0.25) is 5.02 Å². The Balaban J connectivity index is 1.54. The van der Waals surface area contributed by atoms with E-state index in [0.29, 0.717) is 42.3 Å². The number of aliphatic hydroxyl groups excluding tert-OH is 1. The summed E-state index contributed by atoms with van der Waals surface area (Å²) in [6.07, 6.45) is 4.75. The monoisotopic (exact) mass is 394 g/mol. The Morgan fingerprint density at radius 2 is 1.89 bits per heavy atom. The van der Waals surface area contributed by atoms with Crippen LogP contribution in [-0.2, 0) is 4.79 Å². The molecule has 1 aromatic rings. The minimum atomic E-state index is -0.972. The lowest BCUT2D eigenvalue weighted by molar-refractivity contribution is -0.141. The van der Waals surface area contributed by atoms with Crippen molar-refractivity contribution in [2.45, 2.75) is 63.7 Å². The van der Waals surface area contributed by atoms with Gasteiger partial charge in [0.25, 0.3) is 11.8 Å². The lowest BCUT2D eigenvalue weighted by Gasteiger charge is -2.33. The van der Waals surface area contributed by atoms with E-state index in [9.17, 15) is 14.7 Å². The van der Waals surface area contributed by atoms with E-state index < -0.39 is 6.10 Å². The summed E-state index contributed by atoms with van der Waals surface area (Å²) < 4.78 is 5.98. The zero-order valence-corrected chi connectivity index (χ0v) is 16.4. The molecule has 1 aliphatic carbocycles. The van der Waals surface area contributed by atoms with Crippen LogP contribution in [0.3, 0.4) is 0 Å². The van der Waals surface area contributed by atoms with Gasteiger partial charge in [-0.2, -0.15) is 0 Å². The summed E-state index contributed by atoms with van der Waals surface area (Å²) in [4.78, 5) is 25.8. The maximum absolute atomic E-state index is 12.3. The van der Waals surface area contributed by atoms with Gasteiger partial charge in [0, 0.05) is 37.5 Å². The number of carbonyl (C=O) groups is 2. The van der Waals surface area contributed by atoms with Crippen molar-refractivity contribution in [3.63, 3.8) is 0 Å². The zero-order chi connectivity index (χ0) is 19.4. The normalized spacial score (nSPS) is 19.7. The zero-order valence-electron chi connectivity index (χ0n) is 15.6. The molecule has 7 heteroatoms. The standard InChI is InChI=1S/C20H27ClN2O4/c1-13(24)20(26)23-10-8-16(9-11-23)27-18-7-6-14(12-17(18)21)19(25)22-15-4-2-3-5-15/h6-7,12-13,15-16,24H,2-5,8-11H2,1H3,(H,22,25). The average Bonchev–Trinajstić information content (AvgIpc) is 3.16. The van der Waals surface area contributed by atoms with Crippen LogP contribution in [0, 0.1) is 0 Å². The van der Waals surface area contributed by atoms with Gasteiger partial charge in [0.05, 0.1) is 5.02 Å². The van der Waals surface area contributed by atoms with E-state index >= 15 is 0 Å². The SMILES string of the molecule is CC(O)C(=O)N1CCC(Oc2ccc(C(=O)NC3CCCC3)cc2Cl)CC1. The molecule has 0 bridgehead atoms. The van der Waals surface area contributed by atoms with Crippen LogP contribution >= 0.6 is 11.6 Å². The van der Waals surface area contributed by atoms with Crippen LogP contribution in [-0.4, -0.2) is 53.2 Å². The third-order valence-corrected chi connectivity index (χ3v) is 5.58. The Labute approximate surface area is 164 Å². The number of nitrogens with one attached hydrogen (secondary N) is 1. The highest BCUT2D eigenvalue weighted by molar-refractivity contribution is 6.32. The maximum Gasteiger partial charge on any atom is 0.251 e. The maximum atomic E-state index is 12.3. The van der Waals surface area contributed by atoms with Gasteiger partial charge in [-0.25, -0.2) is 0 Å². The molecule has 1 aliphatic heterocycles. The molecule has 1 aromatic carbocycles. The number of hydrogen-bond donors (Lipinski definition) is 2. The first-order valence-corrected chi connectivity index (χ1v) is 10.1. The molecular formula is C20H27ClN2O4. The molecule has 27 heavy (non-hydrogen) atoms. The average molecular weight is 395 g/mol. The number of ether oxygens (including phenoxy) is 1.